The van der Waals surface area contributed by atoms with Crippen molar-refractivity contribution in [3.8, 4) is 0 Å². The molecule has 0 unspecified atom stereocenters. The highest BCUT2D eigenvalue weighted by Crippen LogP contribution is 2.24. The van der Waals surface area contributed by atoms with Gasteiger partial charge in [0.15, 0.2) is 0 Å². The lowest BCUT2D eigenvalue weighted by Gasteiger charge is -2.11. The highest BCUT2D eigenvalue weighted by molar-refractivity contribution is 5.97. The molecule has 0 aliphatic carbocycles. The molecule has 3 nitrogen and oxygen atoms in total. The van der Waals surface area contributed by atoms with Gasteiger partial charge in [0.2, 0.25) is 0 Å². The van der Waals surface area contributed by atoms with E-state index in [1.807, 2.05) is 39.0 Å². The predicted molar refractivity (Wildman–Crippen MR) is 64.5 cm³/mol. The first-order valence-corrected chi connectivity index (χ1v) is 5.18. The molecule has 0 atom stereocenters. The number of carbonyl (C=O) groups excluding carboxylic acids is 1. The molecular weight excluding hydrogens is 200 g/mol. The van der Waals surface area contributed by atoms with E-state index in [9.17, 15) is 4.79 Å². The van der Waals surface area contributed by atoms with E-state index in [1.165, 1.54) is 5.56 Å². The minimum absolute atomic E-state index is 0.371. The second-order valence-electron chi connectivity index (χ2n) is 4.04. The number of hydrogen-bond acceptors (Lipinski definition) is 2. The maximum atomic E-state index is 11.3. The monoisotopic (exact) mass is 214 g/mol. The van der Waals surface area contributed by atoms with Crippen LogP contribution in [0.5, 0.6) is 0 Å². The Morgan fingerprint density at radius 3 is 2.50 bits per heavy atom. The van der Waals surface area contributed by atoms with Gasteiger partial charge in [-0.25, -0.2) is 4.98 Å². The first-order chi connectivity index (χ1) is 7.52. The van der Waals surface area contributed by atoms with Crippen molar-refractivity contribution in [1.82, 2.24) is 4.98 Å². The van der Waals surface area contributed by atoms with Crippen LogP contribution in [0.25, 0.3) is 10.9 Å². The minimum atomic E-state index is -0.469. The summed E-state index contributed by atoms with van der Waals surface area (Å²) in [6.07, 6.45) is 0. The third-order valence-corrected chi connectivity index (χ3v) is 3.01. The Morgan fingerprint density at radius 1 is 1.19 bits per heavy atom. The number of rotatable bonds is 1. The Bertz CT molecular complexity index is 588. The van der Waals surface area contributed by atoms with Crippen LogP contribution in [0.1, 0.15) is 27.2 Å². The number of benzene rings is 1. The third-order valence-electron chi connectivity index (χ3n) is 3.01. The lowest BCUT2D eigenvalue weighted by Crippen LogP contribution is -2.16. The van der Waals surface area contributed by atoms with Crippen molar-refractivity contribution < 1.29 is 4.79 Å². The molecule has 0 bridgehead atoms. The van der Waals surface area contributed by atoms with Gasteiger partial charge in [0.1, 0.15) is 5.69 Å². The van der Waals surface area contributed by atoms with E-state index in [-0.39, 0.29) is 0 Å². The maximum Gasteiger partial charge on any atom is 0.267 e. The number of pyridine rings is 1. The van der Waals surface area contributed by atoms with Crippen molar-refractivity contribution in [2.45, 2.75) is 20.8 Å². The van der Waals surface area contributed by atoms with Crippen LogP contribution in [-0.4, -0.2) is 10.9 Å². The summed E-state index contributed by atoms with van der Waals surface area (Å²) in [6.45, 7) is 5.92. The molecule has 1 amide bonds. The lowest BCUT2D eigenvalue weighted by atomic mass is 9.99. The molecule has 82 valence electrons. The van der Waals surface area contributed by atoms with Crippen LogP contribution in [0.3, 0.4) is 0 Å². The molecular formula is C13H14N2O. The minimum Gasteiger partial charge on any atom is -0.364 e. The zero-order valence-corrected chi connectivity index (χ0v) is 9.66. The van der Waals surface area contributed by atoms with Crippen LogP contribution in [-0.2, 0) is 0 Å². The predicted octanol–water partition coefficient (Wildman–Crippen LogP) is 2.26. The number of aryl methyl sites for hydroxylation is 2. The van der Waals surface area contributed by atoms with E-state index >= 15 is 0 Å². The summed E-state index contributed by atoms with van der Waals surface area (Å²) in [6, 6.07) is 5.88. The van der Waals surface area contributed by atoms with Crippen molar-refractivity contribution in [1.29, 1.82) is 0 Å². The molecule has 2 N–H and O–H groups in total. The Kier molecular flexibility index (Phi) is 2.38. The highest BCUT2D eigenvalue weighted by atomic mass is 16.1. The van der Waals surface area contributed by atoms with E-state index in [2.05, 4.69) is 4.98 Å². The van der Waals surface area contributed by atoms with Gasteiger partial charge in [-0.15, -0.1) is 0 Å². The van der Waals surface area contributed by atoms with Crippen molar-refractivity contribution in [2.24, 2.45) is 5.73 Å². The number of nitrogens with two attached hydrogens (primary N) is 1. The lowest BCUT2D eigenvalue weighted by molar-refractivity contribution is 0.0995. The Balaban J connectivity index is 2.94. The molecule has 2 aromatic rings. The quantitative estimate of drug-likeness (QED) is 0.791. The van der Waals surface area contributed by atoms with Gasteiger partial charge in [-0.1, -0.05) is 12.1 Å². The Labute approximate surface area is 94.3 Å². The third kappa shape index (κ3) is 1.45. The number of fused-ring (bicyclic) bond motifs is 1. The molecule has 1 aromatic heterocycles. The van der Waals surface area contributed by atoms with E-state index in [4.69, 9.17) is 5.73 Å². The van der Waals surface area contributed by atoms with Crippen LogP contribution in [0.4, 0.5) is 0 Å². The second kappa shape index (κ2) is 3.59. The largest absolute Gasteiger partial charge is 0.364 e. The Morgan fingerprint density at radius 2 is 1.88 bits per heavy atom. The van der Waals surface area contributed by atoms with Crippen LogP contribution in [0.2, 0.25) is 0 Å². The number of nitrogens with zero attached hydrogens (tertiary/aromatic N) is 1. The van der Waals surface area contributed by atoms with E-state index in [0.29, 0.717) is 5.69 Å². The molecule has 1 aromatic carbocycles. The van der Waals surface area contributed by atoms with Gasteiger partial charge in [0.25, 0.3) is 5.91 Å². The Hall–Kier alpha value is -1.90. The maximum absolute atomic E-state index is 11.3. The van der Waals surface area contributed by atoms with Gasteiger partial charge in [0.05, 0.1) is 5.52 Å². The van der Waals surface area contributed by atoms with Crippen molar-refractivity contribution >= 4 is 16.8 Å². The van der Waals surface area contributed by atoms with Crippen molar-refractivity contribution in [3.05, 3.63) is 40.6 Å². The van der Waals surface area contributed by atoms with Gasteiger partial charge < -0.3 is 5.73 Å². The zero-order valence-electron chi connectivity index (χ0n) is 9.66. The number of hydrogen-bond donors (Lipinski definition) is 1. The van der Waals surface area contributed by atoms with Gasteiger partial charge in [-0.3, -0.25) is 4.79 Å². The number of primary amides is 1. The standard InChI is InChI=1S/C13H14N2O/c1-7-5-4-6-10-11(7)8(2)9(3)12(15-10)13(14)16/h4-6H,1-3H3,(H2,14,16). The fraction of sp³-hybridized carbons (Fsp3) is 0.231. The normalized spacial score (nSPS) is 10.7. The molecule has 16 heavy (non-hydrogen) atoms. The van der Waals surface area contributed by atoms with Crippen molar-refractivity contribution in [3.63, 3.8) is 0 Å². The first-order valence-electron chi connectivity index (χ1n) is 5.18. The van der Waals surface area contributed by atoms with Crippen LogP contribution in [0.15, 0.2) is 18.2 Å². The summed E-state index contributed by atoms with van der Waals surface area (Å²) in [5.41, 5.74) is 9.63. The van der Waals surface area contributed by atoms with Gasteiger partial charge >= 0.3 is 0 Å². The first kappa shape index (κ1) is 10.6. The highest BCUT2D eigenvalue weighted by Gasteiger charge is 2.13. The number of aromatic nitrogens is 1. The molecule has 0 saturated carbocycles. The fourth-order valence-corrected chi connectivity index (χ4v) is 2.04. The van der Waals surface area contributed by atoms with E-state index in [0.717, 1.165) is 22.0 Å². The molecule has 2 rings (SSSR count). The summed E-state index contributed by atoms with van der Waals surface area (Å²) in [4.78, 5) is 15.6. The van der Waals surface area contributed by atoms with Crippen LogP contribution in [0, 0.1) is 20.8 Å². The van der Waals surface area contributed by atoms with E-state index in [1.54, 1.807) is 0 Å². The van der Waals surface area contributed by atoms with Gasteiger partial charge in [0, 0.05) is 5.39 Å². The average Bonchev–Trinajstić information content (AvgIpc) is 2.22. The average molecular weight is 214 g/mol. The summed E-state index contributed by atoms with van der Waals surface area (Å²) >= 11 is 0. The van der Waals surface area contributed by atoms with Crippen molar-refractivity contribution in [2.75, 3.05) is 0 Å². The molecule has 0 saturated heterocycles. The second-order valence-corrected chi connectivity index (χ2v) is 4.04. The summed E-state index contributed by atoms with van der Waals surface area (Å²) in [7, 11) is 0. The zero-order chi connectivity index (χ0) is 11.9. The summed E-state index contributed by atoms with van der Waals surface area (Å²) in [5, 5.41) is 1.12. The molecule has 0 aliphatic heterocycles. The van der Waals surface area contributed by atoms with Crippen LogP contribution >= 0.6 is 0 Å². The molecule has 0 radical (unpaired) electrons. The van der Waals surface area contributed by atoms with Gasteiger partial charge in [-0.05, 0) is 43.5 Å². The summed E-state index contributed by atoms with van der Waals surface area (Å²) in [5.74, 6) is -0.469. The van der Waals surface area contributed by atoms with Gasteiger partial charge in [-0.2, -0.15) is 0 Å². The topological polar surface area (TPSA) is 56.0 Å². The fourth-order valence-electron chi connectivity index (χ4n) is 2.04. The SMILES string of the molecule is Cc1c(C(N)=O)nc2cccc(C)c2c1C. The molecule has 1 heterocycles. The molecule has 3 heteroatoms. The number of carbonyl (C=O) groups is 1. The van der Waals surface area contributed by atoms with E-state index < -0.39 is 5.91 Å². The molecule has 0 spiro atoms. The number of amides is 1. The molecule has 0 fully saturated rings. The molecule has 0 aliphatic rings. The van der Waals surface area contributed by atoms with Crippen LogP contribution < -0.4 is 5.73 Å². The smallest absolute Gasteiger partial charge is 0.267 e. The summed E-state index contributed by atoms with van der Waals surface area (Å²) < 4.78 is 0.